The first-order valence-corrected chi connectivity index (χ1v) is 30.5. The number of hydrogen-bond donors (Lipinski definition) is 7. The van der Waals surface area contributed by atoms with E-state index >= 15 is 0 Å². The molecule has 0 bridgehead atoms. The number of aliphatic hydroxyl groups is 1. The molecule has 7 N–H and O–H groups in total. The normalized spacial score (nSPS) is 12.8. The molecule has 4 aromatic rings. The van der Waals surface area contributed by atoms with E-state index in [0.29, 0.717) is 54.9 Å². The number of carbonyl (C=O) groups is 4. The van der Waals surface area contributed by atoms with Crippen molar-refractivity contribution in [3.63, 3.8) is 0 Å². The van der Waals surface area contributed by atoms with Gasteiger partial charge < -0.3 is 20.2 Å². The van der Waals surface area contributed by atoms with Gasteiger partial charge in [-0.2, -0.15) is 21.6 Å². The molecule has 0 aliphatic heterocycles. The van der Waals surface area contributed by atoms with Crippen LogP contribution in [0.1, 0.15) is 98.4 Å². The van der Waals surface area contributed by atoms with Crippen LogP contribution in [-0.2, 0) is 14.0 Å². The van der Waals surface area contributed by atoms with Gasteiger partial charge in [-0.3, -0.25) is 40.9 Å². The molecule has 0 aliphatic carbocycles. The van der Waals surface area contributed by atoms with Crippen LogP contribution in [0.25, 0.3) is 9.69 Å². The molecule has 0 heterocycles. The number of aliphatic hydroxyl groups excluding tert-OH is 1. The second-order valence-corrected chi connectivity index (χ2v) is 32.7. The van der Waals surface area contributed by atoms with E-state index in [0.717, 1.165) is 0 Å². The SMILES string of the molecule is CC(C)(C)[Si](C)(C)Cl.[C-]#[N+]c1ccc(N[C@@H](C(=O)NNC(=O)c2ccc(C#N)cc2)[C@H](C)O)c(C)c1Cl.[C-]#[N+]c1ccc(N[C@@H](C(=O)NNC(=O)c2ccc(C#N)cc2)[C@H](C)O[Si](C)(C)C(C)(C)C)c(C)c1Cl. The Morgan fingerprint density at radius 2 is 0.973 bits per heavy atom. The van der Waals surface area contributed by atoms with Crippen LogP contribution in [0.4, 0.5) is 22.7 Å². The van der Waals surface area contributed by atoms with Gasteiger partial charge >= 0.3 is 0 Å². The number of nitrogens with zero attached hydrogens (tertiary/aromatic N) is 4. The van der Waals surface area contributed by atoms with Gasteiger partial charge in [-0.1, -0.05) is 90.0 Å². The van der Waals surface area contributed by atoms with E-state index in [1.807, 2.05) is 19.1 Å². The summed E-state index contributed by atoms with van der Waals surface area (Å²) in [4.78, 5) is 57.2. The fourth-order valence-electron chi connectivity index (χ4n) is 5.60. The van der Waals surface area contributed by atoms with Gasteiger partial charge in [0.05, 0.1) is 58.7 Å². The molecule has 21 heteroatoms. The average molecular weight is 1090 g/mol. The third-order valence-corrected chi connectivity index (χ3v) is 23.1. The van der Waals surface area contributed by atoms with Crippen molar-refractivity contribution >= 4 is 96.4 Å². The van der Waals surface area contributed by atoms with E-state index in [4.69, 9.17) is 62.4 Å². The molecule has 388 valence electrons. The molecule has 0 aromatic heterocycles. The van der Waals surface area contributed by atoms with Crippen LogP contribution < -0.4 is 32.3 Å². The highest BCUT2D eigenvalue weighted by atomic mass is 35.6. The molecule has 4 atom stereocenters. The van der Waals surface area contributed by atoms with E-state index in [9.17, 15) is 24.3 Å². The van der Waals surface area contributed by atoms with E-state index < -0.39 is 63.6 Å². The topological polar surface area (TPSA) is 226 Å². The fraction of sp³-hybridized carbons (Fsp3) is 0.385. The van der Waals surface area contributed by atoms with E-state index in [-0.39, 0.29) is 21.3 Å². The second-order valence-electron chi connectivity index (χ2n) is 19.9. The highest BCUT2D eigenvalue weighted by Gasteiger charge is 2.41. The standard InChI is InChI=1S/C26H32ClN5O3Si.C20H18ClN5O3.C6H15ClSi/c1-16-20(13-14-21(29-6)22(16)27)30-23(17(2)35-36(7,8)26(3,4)5)25(34)32-31-24(33)19-11-9-18(15-28)10-12-19;1-11-15(8-9-16(23-3)17(11)21)24-18(12(2)27)20(29)26-25-19(28)14-6-4-13(10-22)5-7-14;1-6(2,3)8(4,5)7/h9-14,17,23,30H,1-5,7-8H3,(H,31,33)(H,32,34);4-9,12,18,24,27H,1-2H3,(H,25,28)(H,26,29);1-5H3/t17-,23+;12-,18+;/m00./s1. The number of rotatable bonds is 12. The van der Waals surface area contributed by atoms with Crippen molar-refractivity contribution in [1.29, 1.82) is 10.5 Å². The molecule has 0 spiro atoms. The molecule has 73 heavy (non-hydrogen) atoms. The molecule has 0 saturated heterocycles. The van der Waals surface area contributed by atoms with Gasteiger partial charge in [-0.05, 0) is 123 Å². The second kappa shape index (κ2) is 27.0. The zero-order chi connectivity index (χ0) is 55.8. The quantitative estimate of drug-likeness (QED) is 0.0307. The van der Waals surface area contributed by atoms with Crippen LogP contribution in [0, 0.1) is 49.7 Å². The molecule has 0 unspecified atom stereocenters. The minimum atomic E-state index is -2.24. The largest absolute Gasteiger partial charge is 0.412 e. The van der Waals surface area contributed by atoms with Crippen molar-refractivity contribution in [3.05, 3.63) is 139 Å². The Labute approximate surface area is 446 Å². The summed E-state index contributed by atoms with van der Waals surface area (Å²) < 4.78 is 6.48. The number of amides is 4. The van der Waals surface area contributed by atoms with Crippen molar-refractivity contribution in [2.45, 2.75) is 130 Å². The number of nitrogens with one attached hydrogen (secondary N) is 6. The minimum absolute atomic E-state index is 0.0808. The average Bonchev–Trinajstić information content (AvgIpc) is 3.32. The van der Waals surface area contributed by atoms with Crippen molar-refractivity contribution in [2.24, 2.45) is 0 Å². The van der Waals surface area contributed by atoms with Crippen LogP contribution in [0.15, 0.2) is 72.8 Å². The highest BCUT2D eigenvalue weighted by Crippen LogP contribution is 2.40. The molecule has 0 radical (unpaired) electrons. The van der Waals surface area contributed by atoms with Gasteiger partial charge in [0.2, 0.25) is 11.4 Å². The fourth-order valence-corrected chi connectivity index (χ4v) is 7.43. The molecule has 4 aromatic carbocycles. The number of nitriles is 2. The lowest BCUT2D eigenvalue weighted by Crippen LogP contribution is -2.55. The number of hydrogen-bond acceptors (Lipinski definition) is 10. The van der Waals surface area contributed by atoms with Gasteiger partial charge in [-0.15, -0.1) is 0 Å². The minimum Gasteiger partial charge on any atom is -0.412 e. The first-order valence-electron chi connectivity index (χ1n) is 22.9. The first kappa shape index (κ1) is 62.7. The summed E-state index contributed by atoms with van der Waals surface area (Å²) in [7, 11) is -3.63. The number of carbonyl (C=O) groups excluding carboxylic acids is 4. The van der Waals surface area contributed by atoms with Crippen molar-refractivity contribution in [2.75, 3.05) is 10.6 Å². The number of anilines is 2. The summed E-state index contributed by atoms with van der Waals surface area (Å²) in [6, 6.07) is 20.3. The Morgan fingerprint density at radius 1 is 0.630 bits per heavy atom. The number of hydrazine groups is 2. The zero-order valence-electron chi connectivity index (χ0n) is 43.6. The Bertz CT molecular complexity index is 2770. The highest BCUT2D eigenvalue weighted by molar-refractivity contribution is 7.20. The molecule has 0 saturated carbocycles. The smallest absolute Gasteiger partial charge is 0.269 e. The molecule has 4 amide bonds. The predicted octanol–water partition coefficient (Wildman–Crippen LogP) is 11.6. The molecule has 16 nitrogen and oxygen atoms in total. The van der Waals surface area contributed by atoms with Crippen molar-refractivity contribution in [3.8, 4) is 12.1 Å². The van der Waals surface area contributed by atoms with Crippen LogP contribution in [-0.4, -0.2) is 68.7 Å². The lowest BCUT2D eigenvalue weighted by atomic mass is 10.1. The van der Waals surface area contributed by atoms with Crippen molar-refractivity contribution in [1.82, 2.24) is 21.7 Å². The van der Waals surface area contributed by atoms with Crippen LogP contribution in [0.2, 0.25) is 46.3 Å². The maximum Gasteiger partial charge on any atom is 0.269 e. The van der Waals surface area contributed by atoms with Gasteiger partial charge in [0, 0.05) is 22.5 Å². The monoisotopic (exact) mass is 1090 g/mol. The Morgan fingerprint density at radius 3 is 1.27 bits per heavy atom. The lowest BCUT2D eigenvalue weighted by molar-refractivity contribution is -0.125. The summed E-state index contributed by atoms with van der Waals surface area (Å²) in [6.45, 7) is 42.5. The number of benzene rings is 4. The summed E-state index contributed by atoms with van der Waals surface area (Å²) in [5, 5.41) is 34.6. The van der Waals surface area contributed by atoms with Gasteiger partial charge in [0.15, 0.2) is 15.7 Å². The van der Waals surface area contributed by atoms with E-state index in [1.165, 1.54) is 61.5 Å². The maximum absolute atomic E-state index is 13.3. The van der Waals surface area contributed by atoms with Gasteiger partial charge in [0.1, 0.15) is 12.1 Å². The van der Waals surface area contributed by atoms with Gasteiger partial charge in [-0.25, -0.2) is 9.69 Å². The number of halogens is 3. The Balaban J connectivity index is 0.000000441. The molecule has 0 fully saturated rings. The van der Waals surface area contributed by atoms with Crippen molar-refractivity contribution < 1.29 is 28.7 Å². The predicted molar refractivity (Wildman–Crippen MR) is 296 cm³/mol. The third-order valence-electron chi connectivity index (χ3n) is 12.3. The van der Waals surface area contributed by atoms with Crippen LogP contribution >= 0.6 is 34.3 Å². The first-order chi connectivity index (χ1) is 33.7. The summed E-state index contributed by atoms with van der Waals surface area (Å²) in [5.41, 5.74) is 13.6. The van der Waals surface area contributed by atoms with Crippen LogP contribution in [0.3, 0.4) is 0 Å². The Kier molecular flexibility index (Phi) is 23.2. The molecular weight excluding hydrogens is 1020 g/mol. The summed E-state index contributed by atoms with van der Waals surface area (Å²) in [5.74, 6) is -2.28. The molecule has 0 aliphatic rings. The van der Waals surface area contributed by atoms with E-state index in [2.05, 4.69) is 110 Å². The molecule has 4 rings (SSSR count). The summed E-state index contributed by atoms with van der Waals surface area (Å²) >= 11 is 18.6. The maximum atomic E-state index is 13.3. The zero-order valence-corrected chi connectivity index (χ0v) is 47.9. The molecular formula is C52H65Cl3N10O6Si2. The summed E-state index contributed by atoms with van der Waals surface area (Å²) in [6.07, 6.45) is -1.66. The Hall–Kier alpha value is -6.46. The lowest BCUT2D eigenvalue weighted by Gasteiger charge is -2.40. The van der Waals surface area contributed by atoms with Gasteiger partial charge in [0.25, 0.3) is 23.6 Å². The van der Waals surface area contributed by atoms with E-state index in [1.54, 1.807) is 32.0 Å². The van der Waals surface area contributed by atoms with Crippen LogP contribution in [0.5, 0.6) is 0 Å². The third kappa shape index (κ3) is 18.2.